The van der Waals surface area contributed by atoms with Crippen LogP contribution in [0.4, 0.5) is 5.69 Å². The minimum Gasteiger partial charge on any atom is -0.491 e. The van der Waals surface area contributed by atoms with Crippen LogP contribution in [0.3, 0.4) is 0 Å². The number of hydrogen-bond donors (Lipinski definition) is 1. The van der Waals surface area contributed by atoms with Crippen LogP contribution in [-0.2, 0) is 0 Å². The molecule has 2 aromatic carbocycles. The highest BCUT2D eigenvalue weighted by atomic mass is 16.5. The lowest BCUT2D eigenvalue weighted by molar-refractivity contribution is 0.0680. The molecule has 2 unspecified atom stereocenters. The first-order valence-corrected chi connectivity index (χ1v) is 9.57. The average molecular weight is 352 g/mol. The molecule has 0 spiro atoms. The van der Waals surface area contributed by atoms with Gasteiger partial charge in [-0.1, -0.05) is 44.5 Å². The van der Waals surface area contributed by atoms with Crippen molar-refractivity contribution in [2.45, 2.75) is 52.3 Å². The first-order chi connectivity index (χ1) is 12.6. The number of nitrogens with zero attached hydrogens (tertiary/aromatic N) is 1. The number of benzene rings is 2. The predicted molar refractivity (Wildman–Crippen MR) is 106 cm³/mol. The maximum absolute atomic E-state index is 13.0. The van der Waals surface area contributed by atoms with E-state index in [4.69, 9.17) is 4.74 Å². The maximum Gasteiger partial charge on any atom is 0.257 e. The summed E-state index contributed by atoms with van der Waals surface area (Å²) in [7, 11) is 0. The highest BCUT2D eigenvalue weighted by Gasteiger charge is 2.32. The van der Waals surface area contributed by atoms with Crippen molar-refractivity contribution in [3.63, 3.8) is 0 Å². The van der Waals surface area contributed by atoms with Crippen molar-refractivity contribution in [2.75, 3.05) is 11.9 Å². The molecule has 1 aliphatic heterocycles. The van der Waals surface area contributed by atoms with E-state index >= 15 is 0 Å². The largest absolute Gasteiger partial charge is 0.491 e. The molecule has 0 saturated heterocycles. The van der Waals surface area contributed by atoms with E-state index in [1.807, 2.05) is 41.3 Å². The van der Waals surface area contributed by atoms with Crippen LogP contribution in [0.1, 0.15) is 62.1 Å². The van der Waals surface area contributed by atoms with Crippen molar-refractivity contribution >= 4 is 11.6 Å². The van der Waals surface area contributed by atoms with Crippen LogP contribution in [0.5, 0.6) is 5.75 Å². The zero-order chi connectivity index (χ0) is 18.5. The van der Waals surface area contributed by atoms with E-state index in [0.29, 0.717) is 0 Å². The number of hydrogen-bond acceptors (Lipinski definition) is 3. The van der Waals surface area contributed by atoms with Crippen molar-refractivity contribution in [2.24, 2.45) is 0 Å². The fraction of sp³-hybridized carbons (Fsp3) is 0.409. The Morgan fingerprint density at radius 1 is 1.12 bits per heavy atom. The number of amides is 1. The number of unbranched alkanes of at least 4 members (excludes halogenated alkanes) is 1. The normalized spacial score (nSPS) is 17.4. The fourth-order valence-corrected chi connectivity index (χ4v) is 3.16. The van der Waals surface area contributed by atoms with Gasteiger partial charge in [-0.3, -0.25) is 4.79 Å². The molecule has 138 valence electrons. The second kappa shape index (κ2) is 8.26. The molecule has 0 aliphatic carbocycles. The number of carbonyl (C=O) groups excluding carboxylic acids is 1. The monoisotopic (exact) mass is 352 g/mol. The Morgan fingerprint density at radius 2 is 1.85 bits per heavy atom. The van der Waals surface area contributed by atoms with Crippen molar-refractivity contribution in [3.05, 3.63) is 59.7 Å². The van der Waals surface area contributed by atoms with Gasteiger partial charge in [0.15, 0.2) is 0 Å². The predicted octanol–water partition coefficient (Wildman–Crippen LogP) is 5.23. The Bertz CT molecular complexity index is 742. The van der Waals surface area contributed by atoms with Crippen LogP contribution in [0.15, 0.2) is 48.5 Å². The molecule has 0 bridgehead atoms. The third-order valence-corrected chi connectivity index (χ3v) is 4.88. The molecule has 26 heavy (non-hydrogen) atoms. The summed E-state index contributed by atoms with van der Waals surface area (Å²) in [6.07, 6.45) is 3.06. The van der Waals surface area contributed by atoms with Gasteiger partial charge in [-0.05, 0) is 49.6 Å². The smallest absolute Gasteiger partial charge is 0.257 e. The molecule has 1 amide bonds. The summed E-state index contributed by atoms with van der Waals surface area (Å²) in [6, 6.07) is 15.8. The third kappa shape index (κ3) is 3.85. The number of carbonyl (C=O) groups is 1. The lowest BCUT2D eigenvalue weighted by atomic mass is 10.0. The van der Waals surface area contributed by atoms with Gasteiger partial charge in [-0.2, -0.15) is 0 Å². The van der Waals surface area contributed by atoms with E-state index < -0.39 is 0 Å². The van der Waals surface area contributed by atoms with Crippen LogP contribution >= 0.6 is 0 Å². The molecule has 0 aromatic heterocycles. The molecule has 0 saturated carbocycles. The number of fused-ring (bicyclic) bond motifs is 1. The minimum atomic E-state index is -0.151. The molecule has 2 atom stereocenters. The van der Waals surface area contributed by atoms with E-state index in [9.17, 15) is 4.79 Å². The van der Waals surface area contributed by atoms with Crippen LogP contribution in [0.25, 0.3) is 0 Å². The van der Waals surface area contributed by atoms with Gasteiger partial charge >= 0.3 is 0 Å². The Balaban J connectivity index is 1.87. The van der Waals surface area contributed by atoms with Gasteiger partial charge in [0.2, 0.25) is 0 Å². The van der Waals surface area contributed by atoms with Gasteiger partial charge in [0.05, 0.1) is 11.7 Å². The summed E-state index contributed by atoms with van der Waals surface area (Å²) in [5.74, 6) is 0.962. The topological polar surface area (TPSA) is 41.6 Å². The summed E-state index contributed by atoms with van der Waals surface area (Å²) in [6.45, 7) is 7.07. The SMILES string of the molecule is CCCCN1C(=O)c2ccccc2NC1c1ccc(OC(C)CC)cc1. The first kappa shape index (κ1) is 18.3. The summed E-state index contributed by atoms with van der Waals surface area (Å²) in [5.41, 5.74) is 2.72. The summed E-state index contributed by atoms with van der Waals surface area (Å²) >= 11 is 0. The van der Waals surface area contributed by atoms with Crippen LogP contribution in [-0.4, -0.2) is 23.5 Å². The van der Waals surface area contributed by atoms with Gasteiger partial charge in [-0.25, -0.2) is 0 Å². The molecule has 3 rings (SSSR count). The van der Waals surface area contributed by atoms with Crippen molar-refractivity contribution in [1.82, 2.24) is 4.90 Å². The molecule has 2 aromatic rings. The van der Waals surface area contributed by atoms with Gasteiger partial charge in [0.1, 0.15) is 11.9 Å². The van der Waals surface area contributed by atoms with E-state index in [2.05, 4.69) is 38.2 Å². The Kier molecular flexibility index (Phi) is 5.82. The molecule has 1 aliphatic rings. The lowest BCUT2D eigenvalue weighted by Crippen LogP contribution is -2.43. The van der Waals surface area contributed by atoms with Gasteiger partial charge in [-0.15, -0.1) is 0 Å². The number of para-hydroxylation sites is 1. The van der Waals surface area contributed by atoms with Crippen LogP contribution in [0, 0.1) is 0 Å². The van der Waals surface area contributed by atoms with E-state index in [1.54, 1.807) is 0 Å². The summed E-state index contributed by atoms with van der Waals surface area (Å²) in [4.78, 5) is 15.0. The zero-order valence-electron chi connectivity index (χ0n) is 15.9. The number of anilines is 1. The van der Waals surface area contributed by atoms with Gasteiger partial charge in [0.25, 0.3) is 5.91 Å². The van der Waals surface area contributed by atoms with Gasteiger partial charge < -0.3 is 15.0 Å². The van der Waals surface area contributed by atoms with Crippen molar-refractivity contribution in [1.29, 1.82) is 0 Å². The summed E-state index contributed by atoms with van der Waals surface area (Å²) in [5, 5.41) is 3.54. The standard InChI is InChI=1S/C22H28N2O2/c1-4-6-15-24-21(23-20-10-8-7-9-19(20)22(24)25)17-11-13-18(14-12-17)26-16(3)5-2/h7-14,16,21,23H,4-6,15H2,1-3H3. The molecule has 4 heteroatoms. The van der Waals surface area contributed by atoms with Gasteiger partial charge in [0, 0.05) is 12.2 Å². The third-order valence-electron chi connectivity index (χ3n) is 4.88. The molecule has 0 fully saturated rings. The molecular weight excluding hydrogens is 324 g/mol. The van der Waals surface area contributed by atoms with Crippen LogP contribution in [0.2, 0.25) is 0 Å². The molecule has 0 radical (unpaired) electrons. The van der Waals surface area contributed by atoms with E-state index in [1.165, 1.54) is 0 Å². The number of ether oxygens (including phenoxy) is 1. The lowest BCUT2D eigenvalue weighted by Gasteiger charge is -2.38. The fourth-order valence-electron chi connectivity index (χ4n) is 3.16. The highest BCUT2D eigenvalue weighted by Crippen LogP contribution is 2.33. The molecule has 4 nitrogen and oxygen atoms in total. The molecular formula is C22H28N2O2. The summed E-state index contributed by atoms with van der Waals surface area (Å²) < 4.78 is 5.87. The second-order valence-corrected chi connectivity index (χ2v) is 6.85. The number of rotatable bonds is 7. The molecule has 1 N–H and O–H groups in total. The quantitative estimate of drug-likeness (QED) is 0.742. The average Bonchev–Trinajstić information content (AvgIpc) is 2.67. The maximum atomic E-state index is 13.0. The minimum absolute atomic E-state index is 0.0951. The molecule has 1 heterocycles. The zero-order valence-corrected chi connectivity index (χ0v) is 15.9. The Labute approximate surface area is 156 Å². The van der Waals surface area contributed by atoms with E-state index in [0.717, 1.165) is 48.4 Å². The Hall–Kier alpha value is -2.49. The van der Waals surface area contributed by atoms with E-state index in [-0.39, 0.29) is 18.2 Å². The highest BCUT2D eigenvalue weighted by molar-refractivity contribution is 6.01. The van der Waals surface area contributed by atoms with Crippen molar-refractivity contribution < 1.29 is 9.53 Å². The van der Waals surface area contributed by atoms with Crippen molar-refractivity contribution in [3.8, 4) is 5.75 Å². The second-order valence-electron chi connectivity index (χ2n) is 6.85. The van der Waals surface area contributed by atoms with Crippen LogP contribution < -0.4 is 10.1 Å². The Morgan fingerprint density at radius 3 is 2.54 bits per heavy atom. The first-order valence-electron chi connectivity index (χ1n) is 9.57. The number of nitrogens with one attached hydrogen (secondary N) is 1.